The molecule has 1 aliphatic heterocycles. The lowest BCUT2D eigenvalue weighted by atomic mass is 9.89. The smallest absolute Gasteiger partial charge is 0.321 e. The third-order valence-corrected chi connectivity index (χ3v) is 5.04. The molecule has 0 radical (unpaired) electrons. The normalized spacial score (nSPS) is 15.4. The van der Waals surface area contributed by atoms with E-state index in [0.29, 0.717) is 13.1 Å². The van der Waals surface area contributed by atoms with Crippen molar-refractivity contribution in [3.05, 3.63) is 29.8 Å². The number of methoxy groups -OCH3 is 1. The van der Waals surface area contributed by atoms with Crippen LogP contribution in [-0.4, -0.2) is 56.3 Å². The number of nitrogens with zero attached hydrogens (tertiary/aromatic N) is 2. The standard InChI is InChI=1S/C22H37N5O2.HI/c1-6-23-20(25-16-19(29-5)22(2,3)4)24-15-17-10-9-11-18(14-17)26-21(28)27-12-7-8-13-27;/h9-11,14,19H,6-8,12-13,15-16H2,1-5H3,(H,26,28)(H2,23,24,25);1H. The van der Waals surface area contributed by atoms with E-state index in [1.54, 1.807) is 7.11 Å². The number of nitrogens with one attached hydrogen (secondary N) is 3. The van der Waals surface area contributed by atoms with Gasteiger partial charge in [0.05, 0.1) is 12.6 Å². The number of halogens is 1. The topological polar surface area (TPSA) is 78.0 Å². The number of carbonyl (C=O) groups is 1. The van der Waals surface area contributed by atoms with E-state index in [1.807, 2.05) is 36.1 Å². The van der Waals surface area contributed by atoms with Crippen molar-refractivity contribution in [2.45, 2.75) is 53.2 Å². The number of rotatable bonds is 7. The number of carbonyl (C=O) groups excluding carboxylic acids is 1. The number of anilines is 1. The molecule has 1 aromatic carbocycles. The summed E-state index contributed by atoms with van der Waals surface area (Å²) in [7, 11) is 1.74. The summed E-state index contributed by atoms with van der Waals surface area (Å²) in [4.78, 5) is 18.8. The summed E-state index contributed by atoms with van der Waals surface area (Å²) in [6.07, 6.45) is 2.25. The van der Waals surface area contributed by atoms with Crippen LogP contribution in [0.4, 0.5) is 10.5 Å². The van der Waals surface area contributed by atoms with Gasteiger partial charge in [-0.1, -0.05) is 32.9 Å². The van der Waals surface area contributed by atoms with Crippen LogP contribution in [0.2, 0.25) is 0 Å². The summed E-state index contributed by atoms with van der Waals surface area (Å²) in [5.41, 5.74) is 1.89. The molecule has 1 aromatic rings. The number of ether oxygens (including phenoxy) is 1. The fourth-order valence-corrected chi connectivity index (χ4v) is 3.31. The molecule has 1 aliphatic rings. The summed E-state index contributed by atoms with van der Waals surface area (Å²) in [5, 5.41) is 9.64. The number of likely N-dealkylation sites (tertiary alicyclic amines) is 1. The zero-order valence-electron chi connectivity index (χ0n) is 19.0. The molecule has 0 aliphatic carbocycles. The molecule has 7 nitrogen and oxygen atoms in total. The van der Waals surface area contributed by atoms with Gasteiger partial charge in [-0.25, -0.2) is 9.79 Å². The molecule has 1 unspecified atom stereocenters. The Morgan fingerprint density at radius 2 is 1.93 bits per heavy atom. The molecule has 0 saturated carbocycles. The lowest BCUT2D eigenvalue weighted by Crippen LogP contribution is -2.45. The first-order chi connectivity index (χ1) is 13.8. The van der Waals surface area contributed by atoms with Gasteiger partial charge in [0.25, 0.3) is 0 Å². The first-order valence-electron chi connectivity index (χ1n) is 10.5. The van der Waals surface area contributed by atoms with Crippen molar-refractivity contribution in [3.8, 4) is 0 Å². The number of urea groups is 1. The first kappa shape index (κ1) is 26.5. The average molecular weight is 531 g/mol. The third kappa shape index (κ3) is 8.67. The molecule has 3 N–H and O–H groups in total. The molecule has 1 atom stereocenters. The van der Waals surface area contributed by atoms with E-state index in [0.717, 1.165) is 49.7 Å². The highest BCUT2D eigenvalue weighted by Crippen LogP contribution is 2.21. The van der Waals surface area contributed by atoms with Crippen molar-refractivity contribution in [1.82, 2.24) is 15.5 Å². The van der Waals surface area contributed by atoms with Crippen molar-refractivity contribution < 1.29 is 9.53 Å². The quantitative estimate of drug-likeness (QED) is 0.282. The summed E-state index contributed by atoms with van der Waals surface area (Å²) in [5.74, 6) is 0.755. The highest BCUT2D eigenvalue weighted by atomic mass is 127. The van der Waals surface area contributed by atoms with E-state index >= 15 is 0 Å². The monoisotopic (exact) mass is 531 g/mol. The molecule has 30 heavy (non-hydrogen) atoms. The number of amides is 2. The van der Waals surface area contributed by atoms with Gasteiger partial charge in [0.2, 0.25) is 0 Å². The minimum Gasteiger partial charge on any atom is -0.379 e. The van der Waals surface area contributed by atoms with Crippen LogP contribution in [0.15, 0.2) is 29.3 Å². The molecule has 0 spiro atoms. The lowest BCUT2D eigenvalue weighted by molar-refractivity contribution is 0.0205. The van der Waals surface area contributed by atoms with Crippen LogP contribution in [0.3, 0.4) is 0 Å². The Kier molecular flexibility index (Phi) is 11.5. The Hall–Kier alpha value is -1.55. The van der Waals surface area contributed by atoms with Crippen molar-refractivity contribution in [2.75, 3.05) is 38.6 Å². The molecule has 2 amide bonds. The van der Waals surface area contributed by atoms with Gasteiger partial charge in [-0.15, -0.1) is 24.0 Å². The van der Waals surface area contributed by atoms with Crippen LogP contribution in [-0.2, 0) is 11.3 Å². The van der Waals surface area contributed by atoms with Crippen LogP contribution in [0.1, 0.15) is 46.1 Å². The van der Waals surface area contributed by atoms with Crippen molar-refractivity contribution in [3.63, 3.8) is 0 Å². The van der Waals surface area contributed by atoms with Gasteiger partial charge in [0.1, 0.15) is 0 Å². The van der Waals surface area contributed by atoms with Crippen LogP contribution >= 0.6 is 24.0 Å². The van der Waals surface area contributed by atoms with Crippen LogP contribution in [0, 0.1) is 5.41 Å². The molecule has 2 rings (SSSR count). The summed E-state index contributed by atoms with van der Waals surface area (Å²) in [6.45, 7) is 12.2. The highest BCUT2D eigenvalue weighted by molar-refractivity contribution is 14.0. The molecule has 170 valence electrons. The Morgan fingerprint density at radius 1 is 1.23 bits per heavy atom. The van der Waals surface area contributed by atoms with Crippen LogP contribution < -0.4 is 16.0 Å². The predicted octanol–water partition coefficient (Wildman–Crippen LogP) is 4.05. The van der Waals surface area contributed by atoms with Gasteiger partial charge < -0.3 is 25.6 Å². The first-order valence-corrected chi connectivity index (χ1v) is 10.5. The molecular weight excluding hydrogens is 493 g/mol. The number of hydrogen-bond donors (Lipinski definition) is 3. The maximum absolute atomic E-state index is 12.3. The zero-order chi connectivity index (χ0) is 21.3. The lowest BCUT2D eigenvalue weighted by Gasteiger charge is -2.30. The van der Waals surface area contributed by atoms with E-state index in [9.17, 15) is 4.79 Å². The SMILES string of the molecule is CCNC(=NCc1cccc(NC(=O)N2CCCC2)c1)NCC(OC)C(C)(C)C.I. The van der Waals surface area contributed by atoms with E-state index in [4.69, 9.17) is 4.74 Å². The van der Waals surface area contributed by atoms with Gasteiger partial charge in [0, 0.05) is 39.0 Å². The maximum atomic E-state index is 12.3. The number of hydrogen-bond acceptors (Lipinski definition) is 3. The van der Waals surface area contributed by atoms with Crippen molar-refractivity contribution >= 4 is 41.7 Å². The number of aliphatic imine (C=N–C) groups is 1. The van der Waals surface area contributed by atoms with Crippen molar-refractivity contribution in [1.29, 1.82) is 0 Å². The molecule has 1 heterocycles. The molecule has 1 saturated heterocycles. The van der Waals surface area contributed by atoms with E-state index < -0.39 is 0 Å². The molecule has 0 bridgehead atoms. The third-order valence-electron chi connectivity index (χ3n) is 5.04. The zero-order valence-corrected chi connectivity index (χ0v) is 21.3. The largest absolute Gasteiger partial charge is 0.379 e. The Morgan fingerprint density at radius 3 is 2.53 bits per heavy atom. The minimum absolute atomic E-state index is 0. The van der Waals surface area contributed by atoms with Crippen LogP contribution in [0.25, 0.3) is 0 Å². The van der Waals surface area contributed by atoms with E-state index in [2.05, 4.69) is 41.7 Å². The van der Waals surface area contributed by atoms with Gasteiger partial charge >= 0.3 is 6.03 Å². The number of benzene rings is 1. The predicted molar refractivity (Wildman–Crippen MR) is 135 cm³/mol. The average Bonchev–Trinajstić information content (AvgIpc) is 3.20. The van der Waals surface area contributed by atoms with Gasteiger partial charge in [-0.3, -0.25) is 0 Å². The molecule has 0 aromatic heterocycles. The molecular formula is C22H38IN5O2. The van der Waals surface area contributed by atoms with Gasteiger partial charge in [0.15, 0.2) is 5.96 Å². The molecule has 8 heteroatoms. The fourth-order valence-electron chi connectivity index (χ4n) is 3.31. The minimum atomic E-state index is -0.0223. The second kappa shape index (κ2) is 13.0. The maximum Gasteiger partial charge on any atom is 0.321 e. The Balaban J connectivity index is 0.00000450. The van der Waals surface area contributed by atoms with Crippen molar-refractivity contribution in [2.24, 2.45) is 10.4 Å². The van der Waals surface area contributed by atoms with Crippen LogP contribution in [0.5, 0.6) is 0 Å². The molecule has 1 fully saturated rings. The number of guanidine groups is 1. The Labute approximate surface area is 198 Å². The second-order valence-corrected chi connectivity index (χ2v) is 8.49. The van der Waals surface area contributed by atoms with Gasteiger partial charge in [-0.2, -0.15) is 0 Å². The van der Waals surface area contributed by atoms with E-state index in [1.165, 1.54) is 0 Å². The fraction of sp³-hybridized carbons (Fsp3) is 0.636. The van der Waals surface area contributed by atoms with Gasteiger partial charge in [-0.05, 0) is 42.9 Å². The summed E-state index contributed by atoms with van der Waals surface area (Å²) in [6, 6.07) is 7.84. The van der Waals surface area contributed by atoms with E-state index in [-0.39, 0.29) is 41.5 Å². The Bertz CT molecular complexity index is 684. The highest BCUT2D eigenvalue weighted by Gasteiger charge is 2.24. The summed E-state index contributed by atoms with van der Waals surface area (Å²) >= 11 is 0. The second-order valence-electron chi connectivity index (χ2n) is 8.49. The summed E-state index contributed by atoms with van der Waals surface area (Å²) < 4.78 is 5.61.